The zero-order valence-electron chi connectivity index (χ0n) is 15.9. The molecule has 0 unspecified atom stereocenters. The summed E-state index contributed by atoms with van der Waals surface area (Å²) >= 11 is 0.934. The molecule has 0 radical (unpaired) electrons. The Hall–Kier alpha value is -3.86. The van der Waals surface area contributed by atoms with Crippen LogP contribution in [0.25, 0.3) is 0 Å². The average Bonchev–Trinajstić information content (AvgIpc) is 3.31. The van der Waals surface area contributed by atoms with Crippen LogP contribution in [0.1, 0.15) is 22.3 Å². The molecule has 0 saturated carbocycles. The molecule has 31 heavy (non-hydrogen) atoms. The van der Waals surface area contributed by atoms with Crippen molar-refractivity contribution >= 4 is 46.6 Å². The Morgan fingerprint density at radius 1 is 1.16 bits per heavy atom. The maximum atomic E-state index is 12.7. The van der Waals surface area contributed by atoms with Crippen molar-refractivity contribution in [3.8, 4) is 11.5 Å². The van der Waals surface area contributed by atoms with E-state index in [2.05, 4.69) is 10.2 Å². The number of carbonyl (C=O) groups is 3. The van der Waals surface area contributed by atoms with Gasteiger partial charge < -0.3 is 25.1 Å². The van der Waals surface area contributed by atoms with Crippen LogP contribution in [0.15, 0.2) is 52.7 Å². The lowest BCUT2D eigenvalue weighted by Gasteiger charge is -2.15. The Kier molecular flexibility index (Phi) is 5.58. The van der Waals surface area contributed by atoms with Crippen molar-refractivity contribution in [1.29, 1.82) is 0 Å². The molecular formula is C20H15N4O6S-. The molecule has 1 fully saturated rings. The first-order valence-corrected chi connectivity index (χ1v) is 9.91. The van der Waals surface area contributed by atoms with Gasteiger partial charge in [-0.05, 0) is 41.5 Å². The standard InChI is InChI=1S/C20H16N4O6S/c21-20(23-22-9-11-1-6-14-15(7-11)30-10-29-14)31-16-8-17(25)24(18(16)26)13-4-2-12(3-5-13)19(27)28/h1-7,9,16H,8,10H2,(H2,21,23)(H,27,28)/p-1/b22-9-/t16-/m0/s1. The van der Waals surface area contributed by atoms with Gasteiger partial charge in [-0.1, -0.05) is 23.9 Å². The van der Waals surface area contributed by atoms with Crippen molar-refractivity contribution in [1.82, 2.24) is 0 Å². The molecule has 10 nitrogen and oxygen atoms in total. The number of carboxylic acid groups (broad SMARTS) is 1. The molecule has 0 aromatic heterocycles. The fraction of sp³-hybridized carbons (Fsp3) is 0.150. The molecule has 2 N–H and O–H groups in total. The molecule has 2 heterocycles. The number of ether oxygens (including phenoxy) is 2. The number of fused-ring (bicyclic) bond motifs is 1. The summed E-state index contributed by atoms with van der Waals surface area (Å²) in [6.45, 7) is 0.170. The minimum Gasteiger partial charge on any atom is -0.545 e. The third kappa shape index (κ3) is 4.36. The van der Waals surface area contributed by atoms with E-state index >= 15 is 0 Å². The lowest BCUT2D eigenvalue weighted by Crippen LogP contribution is -2.32. The predicted octanol–water partition coefficient (Wildman–Crippen LogP) is 0.493. The number of amidine groups is 1. The van der Waals surface area contributed by atoms with E-state index in [1.165, 1.54) is 30.5 Å². The fourth-order valence-electron chi connectivity index (χ4n) is 3.03. The first kappa shape index (κ1) is 20.4. The van der Waals surface area contributed by atoms with E-state index in [9.17, 15) is 19.5 Å². The minimum atomic E-state index is -1.34. The first-order valence-electron chi connectivity index (χ1n) is 9.03. The van der Waals surface area contributed by atoms with Crippen LogP contribution in [0.4, 0.5) is 5.69 Å². The number of anilines is 1. The number of benzene rings is 2. The maximum absolute atomic E-state index is 12.7. The maximum Gasteiger partial charge on any atom is 0.247 e. The van der Waals surface area contributed by atoms with E-state index in [1.807, 2.05) is 0 Å². The highest BCUT2D eigenvalue weighted by molar-refractivity contribution is 8.14. The van der Waals surface area contributed by atoms with Gasteiger partial charge >= 0.3 is 0 Å². The Balaban J connectivity index is 1.40. The Morgan fingerprint density at radius 2 is 1.90 bits per heavy atom. The van der Waals surface area contributed by atoms with Crippen molar-refractivity contribution in [2.75, 3.05) is 11.7 Å². The molecular weight excluding hydrogens is 424 g/mol. The van der Waals surface area contributed by atoms with Crippen LogP contribution in [0.3, 0.4) is 0 Å². The van der Waals surface area contributed by atoms with Gasteiger partial charge in [0.1, 0.15) is 5.25 Å². The fourth-order valence-corrected chi connectivity index (χ4v) is 3.85. The van der Waals surface area contributed by atoms with Gasteiger partial charge in [-0.25, -0.2) is 4.90 Å². The van der Waals surface area contributed by atoms with E-state index in [0.29, 0.717) is 11.5 Å². The van der Waals surface area contributed by atoms with E-state index < -0.39 is 23.0 Å². The van der Waals surface area contributed by atoms with Crippen LogP contribution in [0.5, 0.6) is 11.5 Å². The van der Waals surface area contributed by atoms with Crippen molar-refractivity contribution < 1.29 is 29.0 Å². The molecule has 2 aromatic rings. The highest BCUT2D eigenvalue weighted by Gasteiger charge is 2.40. The lowest BCUT2D eigenvalue weighted by atomic mass is 10.2. The van der Waals surface area contributed by atoms with Crippen molar-refractivity contribution in [2.24, 2.45) is 15.9 Å². The largest absolute Gasteiger partial charge is 0.545 e. The number of aromatic carboxylic acids is 1. The average molecular weight is 439 g/mol. The minimum absolute atomic E-state index is 0.0253. The number of thioether (sulfide) groups is 1. The smallest absolute Gasteiger partial charge is 0.247 e. The summed E-state index contributed by atoms with van der Waals surface area (Å²) in [6.07, 6.45) is 1.41. The van der Waals surface area contributed by atoms with Gasteiger partial charge in [0.25, 0.3) is 0 Å². The molecule has 1 atom stereocenters. The van der Waals surface area contributed by atoms with Gasteiger partial charge in [0.05, 0.1) is 17.9 Å². The molecule has 158 valence electrons. The number of nitrogens with zero attached hydrogens (tertiary/aromatic N) is 3. The van der Waals surface area contributed by atoms with Crippen molar-refractivity contribution in [3.63, 3.8) is 0 Å². The van der Waals surface area contributed by atoms with Crippen LogP contribution >= 0.6 is 11.8 Å². The summed E-state index contributed by atoms with van der Waals surface area (Å²) in [6, 6.07) is 10.6. The van der Waals surface area contributed by atoms with Gasteiger partial charge in [0.15, 0.2) is 16.7 Å². The highest BCUT2D eigenvalue weighted by Crippen LogP contribution is 2.32. The highest BCUT2D eigenvalue weighted by atomic mass is 32.2. The van der Waals surface area contributed by atoms with Crippen molar-refractivity contribution in [3.05, 3.63) is 53.6 Å². The Bertz CT molecular complexity index is 1120. The summed E-state index contributed by atoms with van der Waals surface area (Å²) in [5.74, 6) is -0.962. The van der Waals surface area contributed by atoms with Crippen molar-refractivity contribution in [2.45, 2.75) is 11.7 Å². The second-order valence-electron chi connectivity index (χ2n) is 6.51. The number of hydrogen-bond acceptors (Lipinski definition) is 9. The topological polar surface area (TPSA) is 147 Å². The van der Waals surface area contributed by atoms with E-state index in [4.69, 9.17) is 15.2 Å². The van der Waals surface area contributed by atoms with Gasteiger partial charge in [-0.3, -0.25) is 9.59 Å². The SMILES string of the molecule is NC(=N/N=C\c1ccc2c(c1)OCO2)S[C@H]1CC(=O)N(c2ccc(C(=O)[O-])cc2)C1=O. The monoisotopic (exact) mass is 439 g/mol. The third-order valence-electron chi connectivity index (χ3n) is 4.49. The first-order chi connectivity index (χ1) is 14.9. The van der Waals surface area contributed by atoms with E-state index in [-0.39, 0.29) is 29.6 Å². The number of carbonyl (C=O) groups excluding carboxylic acids is 3. The summed E-state index contributed by atoms with van der Waals surface area (Å²) in [4.78, 5) is 36.8. The molecule has 1 saturated heterocycles. The second-order valence-corrected chi connectivity index (χ2v) is 7.73. The summed E-state index contributed by atoms with van der Waals surface area (Å²) in [7, 11) is 0. The number of imide groups is 1. The van der Waals surface area contributed by atoms with E-state index in [0.717, 1.165) is 22.2 Å². The number of nitrogens with two attached hydrogens (primary N) is 1. The molecule has 0 aliphatic carbocycles. The summed E-state index contributed by atoms with van der Waals surface area (Å²) in [5.41, 5.74) is 6.81. The molecule has 11 heteroatoms. The van der Waals surface area contributed by atoms with E-state index in [1.54, 1.807) is 18.2 Å². The number of amides is 2. The van der Waals surface area contributed by atoms with Gasteiger partial charge in [-0.2, -0.15) is 5.10 Å². The van der Waals surface area contributed by atoms with Crippen LogP contribution in [-0.2, 0) is 9.59 Å². The van der Waals surface area contributed by atoms with Crippen LogP contribution in [0.2, 0.25) is 0 Å². The summed E-state index contributed by atoms with van der Waals surface area (Å²) < 4.78 is 10.5. The van der Waals surface area contributed by atoms with Crippen LogP contribution in [0, 0.1) is 0 Å². The second kappa shape index (κ2) is 8.48. The third-order valence-corrected chi connectivity index (χ3v) is 5.47. The quantitative estimate of drug-likeness (QED) is 0.306. The molecule has 2 aromatic carbocycles. The number of rotatable bonds is 5. The predicted molar refractivity (Wildman–Crippen MR) is 111 cm³/mol. The Labute approximate surface area is 180 Å². The molecule has 2 amide bonds. The van der Waals surface area contributed by atoms with Gasteiger partial charge in [-0.15, -0.1) is 5.10 Å². The molecule has 0 spiro atoms. The van der Waals surface area contributed by atoms with Crippen LogP contribution in [-0.4, -0.2) is 41.2 Å². The van der Waals surface area contributed by atoms with Gasteiger partial charge in [0, 0.05) is 6.42 Å². The van der Waals surface area contributed by atoms with Gasteiger partial charge in [0.2, 0.25) is 18.6 Å². The normalized spacial score (nSPS) is 18.3. The zero-order valence-corrected chi connectivity index (χ0v) is 16.7. The molecule has 4 rings (SSSR count). The number of hydrogen-bond donors (Lipinski definition) is 1. The Morgan fingerprint density at radius 3 is 2.65 bits per heavy atom. The van der Waals surface area contributed by atoms with Crippen LogP contribution < -0.4 is 25.2 Å². The molecule has 0 bridgehead atoms. The molecule has 2 aliphatic rings. The molecule has 2 aliphatic heterocycles. The summed E-state index contributed by atoms with van der Waals surface area (Å²) in [5, 5.41) is 17.9. The zero-order chi connectivity index (χ0) is 22.0. The number of carboxylic acids is 1. The lowest BCUT2D eigenvalue weighted by molar-refractivity contribution is -0.255.